The third-order valence-corrected chi connectivity index (χ3v) is 3.18. The highest BCUT2D eigenvalue weighted by atomic mass is 16.5. The van der Waals surface area contributed by atoms with Gasteiger partial charge in [-0.1, -0.05) is 6.07 Å². The highest BCUT2D eigenvalue weighted by Crippen LogP contribution is 2.33. The van der Waals surface area contributed by atoms with Crippen molar-refractivity contribution < 1.29 is 14.6 Å². The number of phenols is 1. The predicted molar refractivity (Wildman–Crippen MR) is 64.3 cm³/mol. The molecule has 2 rings (SSSR count). The van der Waals surface area contributed by atoms with E-state index in [0.717, 1.165) is 31.6 Å². The molecule has 0 atom stereocenters. The van der Waals surface area contributed by atoms with Gasteiger partial charge in [-0.25, -0.2) is 0 Å². The molecule has 92 valence electrons. The molecule has 1 aromatic carbocycles. The summed E-state index contributed by atoms with van der Waals surface area (Å²) in [5, 5.41) is 12.5. The summed E-state index contributed by atoms with van der Waals surface area (Å²) >= 11 is 0. The summed E-state index contributed by atoms with van der Waals surface area (Å²) < 4.78 is 5.29. The molecule has 0 bridgehead atoms. The van der Waals surface area contributed by atoms with Gasteiger partial charge in [-0.2, -0.15) is 0 Å². The first-order valence-electron chi connectivity index (χ1n) is 5.85. The van der Waals surface area contributed by atoms with Gasteiger partial charge in [-0.05, 0) is 36.5 Å². The molecule has 1 amide bonds. The Balaban J connectivity index is 2.21. The molecule has 17 heavy (non-hydrogen) atoms. The summed E-state index contributed by atoms with van der Waals surface area (Å²) in [5.41, 5.74) is 1.40. The maximum Gasteiger partial charge on any atom is 0.251 e. The first-order chi connectivity index (χ1) is 8.22. The molecule has 4 nitrogen and oxygen atoms in total. The van der Waals surface area contributed by atoms with E-state index < -0.39 is 0 Å². The normalized spacial score (nSPS) is 16.8. The van der Waals surface area contributed by atoms with Gasteiger partial charge in [-0.3, -0.25) is 4.79 Å². The number of nitrogens with one attached hydrogen (secondary N) is 1. The average Bonchev–Trinajstić information content (AvgIpc) is 2.38. The average molecular weight is 235 g/mol. The molecule has 0 saturated carbocycles. The van der Waals surface area contributed by atoms with Crippen molar-refractivity contribution >= 4 is 5.91 Å². The highest BCUT2D eigenvalue weighted by Gasteiger charge is 2.19. The second-order valence-electron chi connectivity index (χ2n) is 4.24. The molecule has 0 unspecified atom stereocenters. The molecular weight excluding hydrogens is 218 g/mol. The molecule has 4 heteroatoms. The number of carbonyl (C=O) groups is 1. The third-order valence-electron chi connectivity index (χ3n) is 3.18. The second kappa shape index (κ2) is 5.19. The maximum absolute atomic E-state index is 11.4. The van der Waals surface area contributed by atoms with E-state index in [1.165, 1.54) is 6.07 Å². The fraction of sp³-hybridized carbons (Fsp3) is 0.462. The minimum atomic E-state index is -0.182. The van der Waals surface area contributed by atoms with Crippen LogP contribution in [-0.4, -0.2) is 31.3 Å². The van der Waals surface area contributed by atoms with Gasteiger partial charge in [0.25, 0.3) is 5.91 Å². The number of hydrogen-bond acceptors (Lipinski definition) is 3. The van der Waals surface area contributed by atoms with Crippen LogP contribution in [0.4, 0.5) is 0 Å². The highest BCUT2D eigenvalue weighted by molar-refractivity contribution is 5.94. The van der Waals surface area contributed by atoms with Crippen LogP contribution in [0.25, 0.3) is 0 Å². The lowest BCUT2D eigenvalue weighted by molar-refractivity contribution is 0.0848. The van der Waals surface area contributed by atoms with E-state index in [1.54, 1.807) is 13.1 Å². The maximum atomic E-state index is 11.4. The Kier molecular flexibility index (Phi) is 3.64. The van der Waals surface area contributed by atoms with E-state index in [9.17, 15) is 9.90 Å². The largest absolute Gasteiger partial charge is 0.508 e. The Hall–Kier alpha value is -1.55. The molecular formula is C13H17NO3. The van der Waals surface area contributed by atoms with Crippen molar-refractivity contribution in [3.8, 4) is 5.75 Å². The van der Waals surface area contributed by atoms with Gasteiger partial charge in [0.15, 0.2) is 0 Å². The number of rotatable bonds is 2. The standard InChI is InChI=1S/C13H17NO3/c1-14-13(16)10-2-3-11(12(15)8-10)9-4-6-17-7-5-9/h2-3,8-9,15H,4-7H2,1H3,(H,14,16). The van der Waals surface area contributed by atoms with Gasteiger partial charge in [0, 0.05) is 25.8 Å². The van der Waals surface area contributed by atoms with Crippen molar-refractivity contribution in [3.63, 3.8) is 0 Å². The van der Waals surface area contributed by atoms with Gasteiger partial charge in [0.2, 0.25) is 0 Å². The minimum Gasteiger partial charge on any atom is -0.508 e. The van der Waals surface area contributed by atoms with Crippen molar-refractivity contribution in [3.05, 3.63) is 29.3 Å². The molecule has 2 N–H and O–H groups in total. The SMILES string of the molecule is CNC(=O)c1ccc(C2CCOCC2)c(O)c1. The summed E-state index contributed by atoms with van der Waals surface area (Å²) in [6, 6.07) is 5.13. The molecule has 1 aliphatic rings. The Morgan fingerprint density at radius 3 is 2.71 bits per heavy atom. The van der Waals surface area contributed by atoms with Crippen molar-refractivity contribution in [1.82, 2.24) is 5.32 Å². The Bertz CT molecular complexity index is 411. The van der Waals surface area contributed by atoms with Crippen LogP contribution in [0, 0.1) is 0 Å². The quantitative estimate of drug-likeness (QED) is 0.819. The van der Waals surface area contributed by atoms with Gasteiger partial charge < -0.3 is 15.2 Å². The van der Waals surface area contributed by atoms with Crippen molar-refractivity contribution in [2.45, 2.75) is 18.8 Å². The van der Waals surface area contributed by atoms with Crippen LogP contribution in [0.1, 0.15) is 34.7 Å². The first kappa shape index (κ1) is 11.9. The number of carbonyl (C=O) groups excluding carboxylic acids is 1. The molecule has 1 heterocycles. The molecule has 0 aliphatic carbocycles. The number of hydrogen-bond donors (Lipinski definition) is 2. The number of phenolic OH excluding ortho intramolecular Hbond substituents is 1. The first-order valence-corrected chi connectivity index (χ1v) is 5.85. The van der Waals surface area contributed by atoms with Crippen LogP contribution < -0.4 is 5.32 Å². The van der Waals surface area contributed by atoms with E-state index in [0.29, 0.717) is 11.5 Å². The number of ether oxygens (including phenoxy) is 1. The summed E-state index contributed by atoms with van der Waals surface area (Å²) in [5.74, 6) is 0.360. The molecule has 1 aliphatic heterocycles. The van der Waals surface area contributed by atoms with Crippen LogP contribution in [0.15, 0.2) is 18.2 Å². The van der Waals surface area contributed by atoms with Gasteiger partial charge in [-0.15, -0.1) is 0 Å². The molecule has 1 fully saturated rings. The molecule has 0 spiro atoms. The molecule has 1 aromatic rings. The lowest BCUT2D eigenvalue weighted by Gasteiger charge is -2.23. The zero-order valence-corrected chi connectivity index (χ0v) is 9.90. The Morgan fingerprint density at radius 1 is 1.41 bits per heavy atom. The van der Waals surface area contributed by atoms with Crippen LogP contribution in [-0.2, 0) is 4.74 Å². The van der Waals surface area contributed by atoms with Gasteiger partial charge in [0.05, 0.1) is 0 Å². The van der Waals surface area contributed by atoms with Gasteiger partial charge in [0.1, 0.15) is 5.75 Å². The summed E-state index contributed by atoms with van der Waals surface area (Å²) in [4.78, 5) is 11.4. The van der Waals surface area contributed by atoms with E-state index >= 15 is 0 Å². The summed E-state index contributed by atoms with van der Waals surface area (Å²) in [7, 11) is 1.58. The number of aromatic hydroxyl groups is 1. The molecule has 0 radical (unpaired) electrons. The number of benzene rings is 1. The predicted octanol–water partition coefficient (Wildman–Crippen LogP) is 1.65. The summed E-state index contributed by atoms with van der Waals surface area (Å²) in [6.45, 7) is 1.47. The molecule has 1 saturated heterocycles. The third kappa shape index (κ3) is 2.58. The monoisotopic (exact) mass is 235 g/mol. The topological polar surface area (TPSA) is 58.6 Å². The Labute approximate surface area is 101 Å². The van der Waals surface area contributed by atoms with Crippen molar-refractivity contribution in [2.24, 2.45) is 0 Å². The van der Waals surface area contributed by atoms with Crippen LogP contribution in [0.2, 0.25) is 0 Å². The van der Waals surface area contributed by atoms with E-state index in [2.05, 4.69) is 5.32 Å². The van der Waals surface area contributed by atoms with Gasteiger partial charge >= 0.3 is 0 Å². The van der Waals surface area contributed by atoms with Crippen LogP contribution in [0.5, 0.6) is 5.75 Å². The number of amides is 1. The van der Waals surface area contributed by atoms with Crippen LogP contribution >= 0.6 is 0 Å². The summed E-state index contributed by atoms with van der Waals surface area (Å²) in [6.07, 6.45) is 1.85. The van der Waals surface area contributed by atoms with Crippen molar-refractivity contribution in [1.29, 1.82) is 0 Å². The van der Waals surface area contributed by atoms with Crippen LogP contribution in [0.3, 0.4) is 0 Å². The lowest BCUT2D eigenvalue weighted by Crippen LogP contribution is -2.18. The zero-order chi connectivity index (χ0) is 12.3. The zero-order valence-electron chi connectivity index (χ0n) is 9.90. The van der Waals surface area contributed by atoms with E-state index in [4.69, 9.17) is 4.74 Å². The second-order valence-corrected chi connectivity index (χ2v) is 4.24. The Morgan fingerprint density at radius 2 is 2.12 bits per heavy atom. The van der Waals surface area contributed by atoms with E-state index in [1.807, 2.05) is 6.07 Å². The minimum absolute atomic E-state index is 0.182. The fourth-order valence-electron chi connectivity index (χ4n) is 2.18. The smallest absolute Gasteiger partial charge is 0.251 e. The lowest BCUT2D eigenvalue weighted by atomic mass is 9.90. The van der Waals surface area contributed by atoms with E-state index in [-0.39, 0.29) is 11.7 Å². The fourth-order valence-corrected chi connectivity index (χ4v) is 2.18. The van der Waals surface area contributed by atoms with Crippen molar-refractivity contribution in [2.75, 3.05) is 20.3 Å². The molecule has 0 aromatic heterocycles.